The van der Waals surface area contributed by atoms with Crippen molar-refractivity contribution in [3.05, 3.63) is 53.6 Å². The lowest BCUT2D eigenvalue weighted by atomic mass is 10.1. The van der Waals surface area contributed by atoms with Gasteiger partial charge in [-0.25, -0.2) is 0 Å². The summed E-state index contributed by atoms with van der Waals surface area (Å²) in [6.45, 7) is 0. The Kier molecular flexibility index (Phi) is 2.87. The average Bonchev–Trinajstić information content (AvgIpc) is 2.77. The van der Waals surface area contributed by atoms with Crippen LogP contribution in [-0.4, -0.2) is 11.8 Å². The first-order valence-corrected chi connectivity index (χ1v) is 6.21. The first-order chi connectivity index (χ1) is 9.61. The van der Waals surface area contributed by atoms with Crippen LogP contribution >= 0.6 is 0 Å². The highest BCUT2D eigenvalue weighted by atomic mass is 16.2. The fourth-order valence-corrected chi connectivity index (χ4v) is 2.18. The van der Waals surface area contributed by atoms with Crippen molar-refractivity contribution in [1.82, 2.24) is 0 Å². The number of benzene rings is 2. The number of hydrogen-bond donors (Lipinski definition) is 3. The number of anilines is 3. The van der Waals surface area contributed by atoms with Crippen molar-refractivity contribution in [1.29, 1.82) is 0 Å². The normalized spacial score (nSPS) is 12.7. The van der Waals surface area contributed by atoms with Crippen molar-refractivity contribution >= 4 is 28.9 Å². The van der Waals surface area contributed by atoms with E-state index < -0.39 is 0 Å². The predicted molar refractivity (Wildman–Crippen MR) is 77.6 cm³/mol. The Balaban J connectivity index is 1.81. The second kappa shape index (κ2) is 4.70. The minimum atomic E-state index is -0.237. The Morgan fingerprint density at radius 3 is 2.85 bits per heavy atom. The molecule has 0 radical (unpaired) electrons. The van der Waals surface area contributed by atoms with Crippen LogP contribution in [0.1, 0.15) is 15.9 Å². The summed E-state index contributed by atoms with van der Waals surface area (Å²) < 4.78 is 0. The number of carbonyl (C=O) groups is 2. The Bertz CT molecular complexity index is 710. The van der Waals surface area contributed by atoms with Gasteiger partial charge in [0, 0.05) is 22.6 Å². The maximum absolute atomic E-state index is 12.1. The van der Waals surface area contributed by atoms with Crippen molar-refractivity contribution < 1.29 is 9.59 Å². The first kappa shape index (κ1) is 12.2. The van der Waals surface area contributed by atoms with Crippen LogP contribution in [0.25, 0.3) is 0 Å². The molecule has 1 aliphatic rings. The van der Waals surface area contributed by atoms with Crippen molar-refractivity contribution in [3.63, 3.8) is 0 Å². The largest absolute Gasteiger partial charge is 0.399 e. The van der Waals surface area contributed by atoms with Crippen LogP contribution < -0.4 is 16.4 Å². The molecule has 2 amide bonds. The molecule has 0 aliphatic carbocycles. The van der Waals surface area contributed by atoms with Gasteiger partial charge in [-0.3, -0.25) is 9.59 Å². The fraction of sp³-hybridized carbons (Fsp3) is 0.0667. The summed E-state index contributed by atoms with van der Waals surface area (Å²) in [6, 6.07) is 12.2. The molecule has 100 valence electrons. The summed E-state index contributed by atoms with van der Waals surface area (Å²) >= 11 is 0. The molecule has 2 aromatic carbocycles. The summed E-state index contributed by atoms with van der Waals surface area (Å²) in [5.74, 6) is -0.284. The smallest absolute Gasteiger partial charge is 0.255 e. The van der Waals surface area contributed by atoms with E-state index in [0.29, 0.717) is 29.0 Å². The minimum Gasteiger partial charge on any atom is -0.399 e. The Hall–Kier alpha value is -2.82. The van der Waals surface area contributed by atoms with Crippen molar-refractivity contribution in [3.8, 4) is 0 Å². The van der Waals surface area contributed by atoms with E-state index in [1.54, 1.807) is 42.5 Å². The molecule has 0 atom stereocenters. The molecule has 0 aromatic heterocycles. The van der Waals surface area contributed by atoms with Crippen LogP contribution in [0.3, 0.4) is 0 Å². The molecular weight excluding hydrogens is 254 g/mol. The van der Waals surface area contributed by atoms with Crippen LogP contribution in [0.4, 0.5) is 17.1 Å². The molecule has 4 N–H and O–H groups in total. The summed E-state index contributed by atoms with van der Waals surface area (Å²) in [4.78, 5) is 23.4. The molecule has 0 spiro atoms. The number of carbonyl (C=O) groups excluding carboxylic acids is 2. The molecule has 0 fully saturated rings. The molecule has 0 unspecified atom stereocenters. The monoisotopic (exact) mass is 267 g/mol. The molecule has 1 aliphatic heterocycles. The highest BCUT2D eigenvalue weighted by Gasteiger charge is 2.19. The van der Waals surface area contributed by atoms with Gasteiger partial charge in [0.05, 0.1) is 6.42 Å². The molecular formula is C15H13N3O2. The standard InChI is InChI=1S/C15H13N3O2/c16-11-2-1-3-12(8-11)17-15(20)10-5-4-9-7-14(19)18-13(9)6-10/h1-6,8H,7,16H2,(H,17,20)(H,18,19). The SMILES string of the molecule is Nc1cccc(NC(=O)c2ccc3c(c2)NC(=O)C3)c1. The van der Waals surface area contributed by atoms with Crippen LogP contribution in [0.2, 0.25) is 0 Å². The van der Waals surface area contributed by atoms with Crippen LogP contribution in [0.15, 0.2) is 42.5 Å². The number of nitrogens with two attached hydrogens (primary N) is 1. The van der Waals surface area contributed by atoms with E-state index in [0.717, 1.165) is 5.56 Å². The van der Waals surface area contributed by atoms with Gasteiger partial charge in [-0.2, -0.15) is 0 Å². The molecule has 2 aromatic rings. The average molecular weight is 267 g/mol. The second-order valence-corrected chi connectivity index (χ2v) is 4.68. The van der Waals surface area contributed by atoms with Crippen LogP contribution in [0, 0.1) is 0 Å². The lowest BCUT2D eigenvalue weighted by Gasteiger charge is -2.07. The molecule has 20 heavy (non-hydrogen) atoms. The van der Waals surface area contributed by atoms with Gasteiger partial charge in [0.1, 0.15) is 0 Å². The van der Waals surface area contributed by atoms with Gasteiger partial charge in [0.15, 0.2) is 0 Å². The zero-order valence-corrected chi connectivity index (χ0v) is 10.6. The van der Waals surface area contributed by atoms with E-state index in [2.05, 4.69) is 10.6 Å². The first-order valence-electron chi connectivity index (χ1n) is 6.21. The summed E-state index contributed by atoms with van der Waals surface area (Å²) in [6.07, 6.45) is 0.368. The summed E-state index contributed by atoms with van der Waals surface area (Å²) in [5, 5.41) is 5.50. The lowest BCUT2D eigenvalue weighted by molar-refractivity contribution is -0.115. The highest BCUT2D eigenvalue weighted by molar-refractivity contribution is 6.07. The molecule has 3 rings (SSSR count). The third-order valence-electron chi connectivity index (χ3n) is 3.14. The number of rotatable bonds is 2. The Morgan fingerprint density at radius 2 is 2.05 bits per heavy atom. The third kappa shape index (κ3) is 2.33. The fourth-order valence-electron chi connectivity index (χ4n) is 2.18. The van der Waals surface area contributed by atoms with Crippen LogP contribution in [-0.2, 0) is 11.2 Å². The van der Waals surface area contributed by atoms with E-state index in [1.807, 2.05) is 0 Å². The molecule has 5 heteroatoms. The van der Waals surface area contributed by atoms with Gasteiger partial charge >= 0.3 is 0 Å². The maximum atomic E-state index is 12.1. The van der Waals surface area contributed by atoms with Crippen molar-refractivity contribution in [2.24, 2.45) is 0 Å². The van der Waals surface area contributed by atoms with Gasteiger partial charge in [-0.05, 0) is 35.9 Å². The van der Waals surface area contributed by atoms with Gasteiger partial charge in [-0.1, -0.05) is 12.1 Å². The number of fused-ring (bicyclic) bond motifs is 1. The molecule has 0 saturated carbocycles. The van der Waals surface area contributed by atoms with Gasteiger partial charge in [-0.15, -0.1) is 0 Å². The van der Waals surface area contributed by atoms with E-state index in [9.17, 15) is 9.59 Å². The van der Waals surface area contributed by atoms with Crippen LogP contribution in [0.5, 0.6) is 0 Å². The number of nitrogens with one attached hydrogen (secondary N) is 2. The third-order valence-corrected chi connectivity index (χ3v) is 3.14. The maximum Gasteiger partial charge on any atom is 0.255 e. The molecule has 0 bridgehead atoms. The number of amides is 2. The second-order valence-electron chi connectivity index (χ2n) is 4.68. The lowest BCUT2D eigenvalue weighted by Crippen LogP contribution is -2.12. The number of nitrogen functional groups attached to an aromatic ring is 1. The van der Waals surface area contributed by atoms with Gasteiger partial charge in [0.25, 0.3) is 5.91 Å². The van der Waals surface area contributed by atoms with E-state index >= 15 is 0 Å². The highest BCUT2D eigenvalue weighted by Crippen LogP contribution is 2.24. The Labute approximate surface area is 115 Å². The van der Waals surface area contributed by atoms with Gasteiger partial charge in [0.2, 0.25) is 5.91 Å². The molecule has 1 heterocycles. The summed E-state index contributed by atoms with van der Waals surface area (Å²) in [7, 11) is 0. The zero-order chi connectivity index (χ0) is 14.1. The van der Waals surface area contributed by atoms with Crippen molar-refractivity contribution in [2.75, 3.05) is 16.4 Å². The topological polar surface area (TPSA) is 84.2 Å². The van der Waals surface area contributed by atoms with Crippen molar-refractivity contribution in [2.45, 2.75) is 6.42 Å². The van der Waals surface area contributed by atoms with E-state index in [1.165, 1.54) is 0 Å². The van der Waals surface area contributed by atoms with Gasteiger partial charge < -0.3 is 16.4 Å². The number of hydrogen-bond acceptors (Lipinski definition) is 3. The Morgan fingerprint density at radius 1 is 1.20 bits per heavy atom. The molecule has 5 nitrogen and oxygen atoms in total. The minimum absolute atomic E-state index is 0.0478. The van der Waals surface area contributed by atoms with E-state index in [4.69, 9.17) is 5.73 Å². The predicted octanol–water partition coefficient (Wildman–Crippen LogP) is 2.02. The summed E-state index contributed by atoms with van der Waals surface area (Å²) in [5.41, 5.74) is 9.00. The van der Waals surface area contributed by atoms with E-state index in [-0.39, 0.29) is 11.8 Å². The zero-order valence-electron chi connectivity index (χ0n) is 10.6. The quantitative estimate of drug-likeness (QED) is 0.728. The molecule has 0 saturated heterocycles.